The van der Waals surface area contributed by atoms with Crippen molar-refractivity contribution in [3.8, 4) is 0 Å². The lowest BCUT2D eigenvalue weighted by molar-refractivity contribution is 0.0941. The number of piperidine rings is 1. The highest BCUT2D eigenvalue weighted by molar-refractivity contribution is 7.18. The van der Waals surface area contributed by atoms with Crippen LogP contribution < -0.4 is 16.4 Å². The summed E-state index contributed by atoms with van der Waals surface area (Å²) in [5.41, 5.74) is 5.84. The van der Waals surface area contributed by atoms with Gasteiger partial charge in [0, 0.05) is 19.1 Å². The van der Waals surface area contributed by atoms with Gasteiger partial charge in [0.25, 0.3) is 5.91 Å². The molecule has 0 saturated carbocycles. The van der Waals surface area contributed by atoms with Crippen molar-refractivity contribution in [3.05, 3.63) is 4.88 Å². The van der Waals surface area contributed by atoms with Gasteiger partial charge in [-0.05, 0) is 46.2 Å². The molecule has 1 unspecified atom stereocenters. The van der Waals surface area contributed by atoms with Crippen molar-refractivity contribution in [1.82, 2.24) is 15.2 Å². The highest BCUT2D eigenvalue weighted by Crippen LogP contribution is 2.25. The summed E-state index contributed by atoms with van der Waals surface area (Å²) in [7, 11) is 2.12. The zero-order valence-electron chi connectivity index (χ0n) is 13.0. The van der Waals surface area contributed by atoms with Crippen molar-refractivity contribution < 1.29 is 4.79 Å². The average Bonchev–Trinajstić information content (AvgIpc) is 2.76. The van der Waals surface area contributed by atoms with Gasteiger partial charge >= 0.3 is 0 Å². The van der Waals surface area contributed by atoms with E-state index in [1.165, 1.54) is 24.2 Å². The third-order valence-corrected chi connectivity index (χ3v) is 4.55. The number of nitrogen functional groups attached to an aromatic ring is 1. The quantitative estimate of drug-likeness (QED) is 0.769. The van der Waals surface area contributed by atoms with Crippen molar-refractivity contribution >= 4 is 28.2 Å². The lowest BCUT2D eigenvalue weighted by Crippen LogP contribution is -2.39. The molecule has 0 bridgehead atoms. The molecule has 6 nitrogen and oxygen atoms in total. The molecule has 2 rings (SSSR count). The molecule has 1 aliphatic rings. The number of anilines is 2. The Balaban J connectivity index is 1.89. The summed E-state index contributed by atoms with van der Waals surface area (Å²) in [6, 6.07) is 0.268. The predicted octanol–water partition coefficient (Wildman–Crippen LogP) is 1.62. The summed E-state index contributed by atoms with van der Waals surface area (Å²) >= 11 is 1.31. The summed E-state index contributed by atoms with van der Waals surface area (Å²) in [6.45, 7) is 6.94. The summed E-state index contributed by atoms with van der Waals surface area (Å²) in [6.07, 6.45) is 2.37. The van der Waals surface area contributed by atoms with Crippen LogP contribution in [0.15, 0.2) is 0 Å². The first-order valence-electron chi connectivity index (χ1n) is 7.45. The number of carbonyl (C=O) groups excluding carboxylic acids is 1. The minimum absolute atomic E-state index is 0.116. The number of nitrogens with zero attached hydrogens (tertiary/aromatic N) is 2. The predicted molar refractivity (Wildman–Crippen MR) is 87.8 cm³/mol. The molecule has 0 radical (unpaired) electrons. The van der Waals surface area contributed by atoms with Crippen LogP contribution in [0, 0.1) is 5.92 Å². The third-order valence-electron chi connectivity index (χ3n) is 3.55. The smallest absolute Gasteiger partial charge is 0.265 e. The molecule has 2 heterocycles. The van der Waals surface area contributed by atoms with Crippen LogP contribution in [-0.2, 0) is 0 Å². The summed E-state index contributed by atoms with van der Waals surface area (Å²) in [5, 5.41) is 6.87. The molecule has 21 heavy (non-hydrogen) atoms. The summed E-state index contributed by atoms with van der Waals surface area (Å²) < 4.78 is 0. The molecule has 7 heteroatoms. The standard InChI is InChI=1S/C14H25N5OS/c1-9(2)17-14-18-12(15)11(21-14)13(20)16-7-10-5-4-6-19(3)8-10/h9-10H,4-8,15H2,1-3H3,(H,16,20)(H,17,18). The minimum Gasteiger partial charge on any atom is -0.382 e. The molecule has 1 saturated heterocycles. The normalized spacial score (nSPS) is 19.7. The van der Waals surface area contributed by atoms with Gasteiger partial charge < -0.3 is 21.3 Å². The first-order valence-corrected chi connectivity index (χ1v) is 8.27. The lowest BCUT2D eigenvalue weighted by Gasteiger charge is -2.29. The van der Waals surface area contributed by atoms with E-state index in [1.54, 1.807) is 0 Å². The molecule has 0 spiro atoms. The van der Waals surface area contributed by atoms with Gasteiger partial charge in [0.05, 0.1) is 0 Å². The Hall–Kier alpha value is -1.34. The first kappa shape index (κ1) is 16.0. The molecule has 1 atom stereocenters. The second-order valence-corrected chi connectivity index (χ2v) is 7.01. The Kier molecular flexibility index (Phi) is 5.41. The van der Waals surface area contributed by atoms with E-state index in [0.29, 0.717) is 28.3 Å². The van der Waals surface area contributed by atoms with E-state index in [4.69, 9.17) is 5.73 Å². The maximum absolute atomic E-state index is 12.2. The van der Waals surface area contributed by atoms with Crippen molar-refractivity contribution in [1.29, 1.82) is 0 Å². The number of hydrogen-bond acceptors (Lipinski definition) is 6. The number of nitrogens with two attached hydrogens (primary N) is 1. The van der Waals surface area contributed by atoms with Crippen molar-refractivity contribution in [2.24, 2.45) is 5.92 Å². The highest BCUT2D eigenvalue weighted by atomic mass is 32.1. The second-order valence-electron chi connectivity index (χ2n) is 6.01. The highest BCUT2D eigenvalue weighted by Gasteiger charge is 2.20. The number of likely N-dealkylation sites (tertiary alicyclic amines) is 1. The van der Waals surface area contributed by atoms with Crippen LogP contribution in [0.5, 0.6) is 0 Å². The van der Waals surface area contributed by atoms with E-state index in [2.05, 4.69) is 27.6 Å². The number of aromatic nitrogens is 1. The Morgan fingerprint density at radius 1 is 1.57 bits per heavy atom. The van der Waals surface area contributed by atoms with E-state index in [9.17, 15) is 4.79 Å². The van der Waals surface area contributed by atoms with Gasteiger partial charge in [0.15, 0.2) is 5.13 Å². The molecule has 1 aromatic heterocycles. The summed E-state index contributed by atoms with van der Waals surface area (Å²) in [4.78, 5) is 19.2. The zero-order chi connectivity index (χ0) is 15.4. The van der Waals surface area contributed by atoms with Crippen LogP contribution in [0.1, 0.15) is 36.4 Å². The molecular weight excluding hydrogens is 286 g/mol. The monoisotopic (exact) mass is 311 g/mol. The first-order chi connectivity index (χ1) is 9.95. The average molecular weight is 311 g/mol. The molecule has 1 aromatic rings. The molecule has 0 aliphatic carbocycles. The number of amides is 1. The van der Waals surface area contributed by atoms with Crippen molar-refractivity contribution in [2.45, 2.75) is 32.7 Å². The van der Waals surface area contributed by atoms with Gasteiger partial charge in [-0.15, -0.1) is 0 Å². The number of hydrogen-bond donors (Lipinski definition) is 3. The molecule has 1 amide bonds. The van der Waals surface area contributed by atoms with Crippen LogP contribution in [0.2, 0.25) is 0 Å². The fourth-order valence-corrected chi connectivity index (χ4v) is 3.51. The van der Waals surface area contributed by atoms with Crippen molar-refractivity contribution in [2.75, 3.05) is 37.7 Å². The maximum atomic E-state index is 12.2. The number of carbonyl (C=O) groups is 1. The Bertz CT molecular complexity index is 488. The fraction of sp³-hybridized carbons (Fsp3) is 0.714. The van der Waals surface area contributed by atoms with Gasteiger partial charge in [-0.25, -0.2) is 4.98 Å². The van der Waals surface area contributed by atoms with E-state index in [-0.39, 0.29) is 11.9 Å². The van der Waals surface area contributed by atoms with E-state index < -0.39 is 0 Å². The van der Waals surface area contributed by atoms with Crippen LogP contribution in [0.3, 0.4) is 0 Å². The Morgan fingerprint density at radius 2 is 2.33 bits per heavy atom. The SMILES string of the molecule is CC(C)Nc1nc(N)c(C(=O)NCC2CCCN(C)C2)s1. The molecule has 118 valence electrons. The van der Waals surface area contributed by atoms with E-state index in [0.717, 1.165) is 13.1 Å². The maximum Gasteiger partial charge on any atom is 0.265 e. The summed E-state index contributed by atoms with van der Waals surface area (Å²) in [5.74, 6) is 0.714. The molecule has 4 N–H and O–H groups in total. The van der Waals surface area contributed by atoms with Crippen LogP contribution in [0.4, 0.5) is 10.9 Å². The third kappa shape index (κ3) is 4.57. The van der Waals surface area contributed by atoms with Crippen LogP contribution >= 0.6 is 11.3 Å². The number of thiazole rings is 1. The largest absolute Gasteiger partial charge is 0.382 e. The molecule has 0 aromatic carbocycles. The van der Waals surface area contributed by atoms with Crippen LogP contribution in [0.25, 0.3) is 0 Å². The zero-order valence-corrected chi connectivity index (χ0v) is 13.8. The van der Waals surface area contributed by atoms with Gasteiger partial charge in [-0.1, -0.05) is 11.3 Å². The van der Waals surface area contributed by atoms with Gasteiger partial charge in [0.1, 0.15) is 10.7 Å². The minimum atomic E-state index is -0.116. The van der Waals surface area contributed by atoms with Gasteiger partial charge in [-0.2, -0.15) is 0 Å². The topological polar surface area (TPSA) is 83.3 Å². The van der Waals surface area contributed by atoms with Crippen molar-refractivity contribution in [3.63, 3.8) is 0 Å². The molecule has 1 fully saturated rings. The van der Waals surface area contributed by atoms with E-state index >= 15 is 0 Å². The lowest BCUT2D eigenvalue weighted by atomic mass is 9.98. The Morgan fingerprint density at radius 3 is 3.00 bits per heavy atom. The number of nitrogens with one attached hydrogen (secondary N) is 2. The second kappa shape index (κ2) is 7.09. The van der Waals surface area contributed by atoms with Gasteiger partial charge in [0.2, 0.25) is 0 Å². The van der Waals surface area contributed by atoms with E-state index in [1.807, 2.05) is 13.8 Å². The number of rotatable bonds is 5. The molecular formula is C14H25N5OS. The molecule has 1 aliphatic heterocycles. The van der Waals surface area contributed by atoms with Crippen LogP contribution in [-0.4, -0.2) is 48.5 Å². The Labute approximate surface area is 130 Å². The van der Waals surface area contributed by atoms with Gasteiger partial charge in [-0.3, -0.25) is 4.79 Å². The fourth-order valence-electron chi connectivity index (χ4n) is 2.56.